The van der Waals surface area contributed by atoms with Gasteiger partial charge >= 0.3 is 0 Å². The van der Waals surface area contributed by atoms with Crippen molar-refractivity contribution in [3.8, 4) is 0 Å². The van der Waals surface area contributed by atoms with Gasteiger partial charge in [0.05, 0.1) is 9.77 Å². The third-order valence-corrected chi connectivity index (χ3v) is 8.15. The molecule has 1 fully saturated rings. The molecular formula is C21H27N3O4S2. The van der Waals surface area contributed by atoms with Gasteiger partial charge in [0.15, 0.2) is 0 Å². The fourth-order valence-corrected chi connectivity index (χ4v) is 5.84. The van der Waals surface area contributed by atoms with Gasteiger partial charge in [-0.15, -0.1) is 11.3 Å². The lowest BCUT2D eigenvalue weighted by atomic mass is 10.0. The molecule has 1 saturated heterocycles. The van der Waals surface area contributed by atoms with Crippen LogP contribution in [0.15, 0.2) is 46.7 Å². The third kappa shape index (κ3) is 4.74. The van der Waals surface area contributed by atoms with E-state index < -0.39 is 16.1 Å². The number of carbonyl (C=O) groups excluding carboxylic acids is 2. The summed E-state index contributed by atoms with van der Waals surface area (Å²) in [7, 11) is -3.62. The first-order valence-corrected chi connectivity index (χ1v) is 12.5. The summed E-state index contributed by atoms with van der Waals surface area (Å²) in [5.41, 5.74) is 0.405. The van der Waals surface area contributed by atoms with Crippen molar-refractivity contribution in [2.75, 3.05) is 25.0 Å². The van der Waals surface area contributed by atoms with E-state index in [0.29, 0.717) is 36.6 Å². The Balaban J connectivity index is 1.79. The topological polar surface area (TPSA) is 86.8 Å². The summed E-state index contributed by atoms with van der Waals surface area (Å²) in [6.45, 7) is 4.85. The first-order chi connectivity index (χ1) is 14.4. The molecule has 1 N–H and O–H groups in total. The average Bonchev–Trinajstić information content (AvgIpc) is 3.29. The zero-order valence-electron chi connectivity index (χ0n) is 17.2. The average molecular weight is 450 g/mol. The third-order valence-electron chi connectivity index (χ3n) is 5.24. The molecule has 9 heteroatoms. The molecule has 1 aromatic heterocycles. The maximum Gasteiger partial charge on any atom is 0.264 e. The lowest BCUT2D eigenvalue weighted by Crippen LogP contribution is -2.49. The lowest BCUT2D eigenvalue weighted by Gasteiger charge is -2.34. The van der Waals surface area contributed by atoms with Gasteiger partial charge in [0, 0.05) is 25.3 Å². The van der Waals surface area contributed by atoms with E-state index in [9.17, 15) is 18.0 Å². The molecule has 0 spiro atoms. The number of piperidine rings is 1. The van der Waals surface area contributed by atoms with Crippen LogP contribution in [0.3, 0.4) is 0 Å². The van der Waals surface area contributed by atoms with Crippen LogP contribution in [-0.2, 0) is 14.8 Å². The van der Waals surface area contributed by atoms with Gasteiger partial charge in [-0.3, -0.25) is 9.59 Å². The van der Waals surface area contributed by atoms with Gasteiger partial charge in [0.25, 0.3) is 5.91 Å². The molecule has 1 aliphatic rings. The van der Waals surface area contributed by atoms with E-state index >= 15 is 0 Å². The normalized spacial score (nSPS) is 17.2. The number of likely N-dealkylation sites (tertiary alicyclic amines) is 1. The second-order valence-electron chi connectivity index (χ2n) is 7.09. The van der Waals surface area contributed by atoms with Crippen molar-refractivity contribution in [3.63, 3.8) is 0 Å². The van der Waals surface area contributed by atoms with Crippen molar-refractivity contribution in [2.24, 2.45) is 0 Å². The highest BCUT2D eigenvalue weighted by atomic mass is 32.2. The number of carbonyl (C=O) groups is 2. The number of sulfonamides is 1. The smallest absolute Gasteiger partial charge is 0.264 e. The molecule has 2 heterocycles. The van der Waals surface area contributed by atoms with E-state index in [4.69, 9.17) is 0 Å². The summed E-state index contributed by atoms with van der Waals surface area (Å²) >= 11 is 1.36. The van der Waals surface area contributed by atoms with Gasteiger partial charge in [0.2, 0.25) is 15.9 Å². The highest BCUT2D eigenvalue weighted by Crippen LogP contribution is 2.24. The molecule has 1 atom stereocenters. The van der Waals surface area contributed by atoms with E-state index in [1.165, 1.54) is 27.8 Å². The molecular weight excluding hydrogens is 422 g/mol. The summed E-state index contributed by atoms with van der Waals surface area (Å²) < 4.78 is 26.9. The monoisotopic (exact) mass is 449 g/mol. The van der Waals surface area contributed by atoms with Gasteiger partial charge in [0.1, 0.15) is 6.04 Å². The molecule has 2 aromatic rings. The van der Waals surface area contributed by atoms with Gasteiger partial charge in [-0.25, -0.2) is 8.42 Å². The van der Waals surface area contributed by atoms with Gasteiger partial charge < -0.3 is 10.2 Å². The van der Waals surface area contributed by atoms with Crippen molar-refractivity contribution < 1.29 is 18.0 Å². The van der Waals surface area contributed by atoms with Gasteiger partial charge in [-0.05, 0) is 48.9 Å². The summed E-state index contributed by atoms with van der Waals surface area (Å²) in [6.07, 6.45) is 2.31. The maximum atomic E-state index is 13.0. The largest absolute Gasteiger partial charge is 0.326 e. The zero-order chi connectivity index (χ0) is 21.7. The quantitative estimate of drug-likeness (QED) is 0.702. The Morgan fingerprint density at radius 3 is 2.60 bits per heavy atom. The van der Waals surface area contributed by atoms with Crippen molar-refractivity contribution >= 4 is 38.9 Å². The number of anilines is 1. The Morgan fingerprint density at radius 1 is 1.17 bits per heavy atom. The molecule has 0 saturated carbocycles. The predicted octanol–water partition coefficient (Wildman–Crippen LogP) is 3.41. The minimum absolute atomic E-state index is 0.136. The molecule has 7 nitrogen and oxygen atoms in total. The zero-order valence-corrected chi connectivity index (χ0v) is 18.8. The van der Waals surface area contributed by atoms with E-state index in [0.717, 1.165) is 12.8 Å². The first-order valence-electron chi connectivity index (χ1n) is 10.1. The number of thiophene rings is 1. The van der Waals surface area contributed by atoms with Crippen LogP contribution < -0.4 is 5.32 Å². The Labute approximate surface area is 181 Å². The first kappa shape index (κ1) is 22.5. The Kier molecular flexibility index (Phi) is 7.27. The van der Waals surface area contributed by atoms with Crippen LogP contribution in [-0.4, -0.2) is 55.1 Å². The number of nitrogens with one attached hydrogen (secondary N) is 1. The molecule has 1 aliphatic heterocycles. The van der Waals surface area contributed by atoms with Gasteiger partial charge in [-0.2, -0.15) is 4.31 Å². The molecule has 30 heavy (non-hydrogen) atoms. The summed E-state index contributed by atoms with van der Waals surface area (Å²) in [4.78, 5) is 28.2. The Bertz CT molecular complexity index is 985. The number of benzene rings is 1. The van der Waals surface area contributed by atoms with Crippen LogP contribution in [0.4, 0.5) is 5.69 Å². The number of hydrogen-bond donors (Lipinski definition) is 1. The molecule has 0 unspecified atom stereocenters. The summed E-state index contributed by atoms with van der Waals surface area (Å²) in [6, 6.07) is 9.28. The molecule has 0 aliphatic carbocycles. The molecule has 2 amide bonds. The van der Waals surface area contributed by atoms with Crippen molar-refractivity contribution in [1.29, 1.82) is 0 Å². The van der Waals surface area contributed by atoms with Crippen LogP contribution in [0.25, 0.3) is 0 Å². The van der Waals surface area contributed by atoms with E-state index in [2.05, 4.69) is 5.32 Å². The highest BCUT2D eigenvalue weighted by molar-refractivity contribution is 7.89. The van der Waals surface area contributed by atoms with Crippen LogP contribution in [0.5, 0.6) is 0 Å². The van der Waals surface area contributed by atoms with Crippen LogP contribution in [0.1, 0.15) is 42.8 Å². The Hall–Kier alpha value is -2.23. The van der Waals surface area contributed by atoms with Gasteiger partial charge in [-0.1, -0.05) is 26.0 Å². The van der Waals surface area contributed by atoms with Crippen LogP contribution in [0.2, 0.25) is 0 Å². The number of amides is 2. The second kappa shape index (κ2) is 9.72. The van der Waals surface area contributed by atoms with Crippen LogP contribution >= 0.6 is 11.3 Å². The molecule has 162 valence electrons. The Morgan fingerprint density at radius 2 is 1.93 bits per heavy atom. The molecule has 1 aromatic carbocycles. The number of hydrogen-bond acceptors (Lipinski definition) is 5. The summed E-state index contributed by atoms with van der Waals surface area (Å²) in [5, 5.41) is 4.66. The van der Waals surface area contributed by atoms with E-state index in [-0.39, 0.29) is 16.7 Å². The molecule has 0 radical (unpaired) electrons. The van der Waals surface area contributed by atoms with Crippen molar-refractivity contribution in [1.82, 2.24) is 9.21 Å². The van der Waals surface area contributed by atoms with Crippen molar-refractivity contribution in [2.45, 2.75) is 44.0 Å². The van der Waals surface area contributed by atoms with Crippen LogP contribution in [0, 0.1) is 0 Å². The fraction of sp³-hybridized carbons (Fsp3) is 0.429. The fourth-order valence-electron chi connectivity index (χ4n) is 3.66. The second-order valence-corrected chi connectivity index (χ2v) is 9.98. The number of nitrogens with zero attached hydrogens (tertiary/aromatic N) is 2. The van der Waals surface area contributed by atoms with E-state index in [1.807, 2.05) is 11.4 Å². The maximum absolute atomic E-state index is 13.0. The molecule has 0 bridgehead atoms. The SMILES string of the molecule is CCN(CC)S(=O)(=O)c1cccc(NC(=O)[C@@H]2CCCCN2C(=O)c2cccs2)c1. The highest BCUT2D eigenvalue weighted by Gasteiger charge is 2.33. The lowest BCUT2D eigenvalue weighted by molar-refractivity contribution is -0.121. The standard InChI is InChI=1S/C21H27N3O4S2/c1-3-23(4-2)30(27,28)17-10-7-9-16(15-17)22-20(25)18-11-5-6-13-24(18)21(26)19-12-8-14-29-19/h7-10,12,14-15,18H,3-6,11,13H2,1-2H3,(H,22,25)/t18-/m0/s1. The number of rotatable bonds is 7. The minimum Gasteiger partial charge on any atom is -0.326 e. The molecule has 3 rings (SSSR count). The predicted molar refractivity (Wildman–Crippen MR) is 118 cm³/mol. The van der Waals surface area contributed by atoms with Crippen molar-refractivity contribution in [3.05, 3.63) is 46.7 Å². The summed E-state index contributed by atoms with van der Waals surface area (Å²) in [5.74, 6) is -0.431. The van der Waals surface area contributed by atoms with E-state index in [1.54, 1.807) is 36.9 Å². The minimum atomic E-state index is -3.62.